The van der Waals surface area contributed by atoms with E-state index in [-0.39, 0.29) is 23.9 Å². The Labute approximate surface area is 172 Å². The van der Waals surface area contributed by atoms with E-state index in [1.54, 1.807) is 47.0 Å². The summed E-state index contributed by atoms with van der Waals surface area (Å²) in [5.74, 6) is 0.833. The Bertz CT molecular complexity index is 1010. The number of Topliss-reactive ketones (excluding diaryl/α,β-unsaturated/α-hetero) is 1. The van der Waals surface area contributed by atoms with Gasteiger partial charge in [0, 0.05) is 6.54 Å². The molecule has 6 nitrogen and oxygen atoms in total. The van der Waals surface area contributed by atoms with Crippen LogP contribution in [0.5, 0.6) is 11.5 Å². The van der Waals surface area contributed by atoms with E-state index < -0.39 is 5.82 Å². The first-order chi connectivity index (χ1) is 14.1. The van der Waals surface area contributed by atoms with Gasteiger partial charge in [-0.15, -0.1) is 16.8 Å². The number of benzene rings is 2. The zero-order valence-corrected chi connectivity index (χ0v) is 16.7. The summed E-state index contributed by atoms with van der Waals surface area (Å²) in [4.78, 5) is 12.6. The normalized spacial score (nSPS) is 10.6. The lowest BCUT2D eigenvalue weighted by Crippen LogP contribution is -2.09. The lowest BCUT2D eigenvalue weighted by Gasteiger charge is -2.10. The maximum Gasteiger partial charge on any atom is 0.192 e. The molecule has 0 atom stereocenters. The molecular formula is C21H20FN3O3S. The van der Waals surface area contributed by atoms with E-state index in [0.29, 0.717) is 28.8 Å². The van der Waals surface area contributed by atoms with Gasteiger partial charge in [-0.25, -0.2) is 4.39 Å². The van der Waals surface area contributed by atoms with Crippen LogP contribution in [0, 0.1) is 5.82 Å². The first-order valence-electron chi connectivity index (χ1n) is 8.83. The Morgan fingerprint density at radius 1 is 1.17 bits per heavy atom. The molecule has 0 amide bonds. The molecule has 0 spiro atoms. The summed E-state index contributed by atoms with van der Waals surface area (Å²) in [6, 6.07) is 13.2. The quantitative estimate of drug-likeness (QED) is 0.282. The predicted molar refractivity (Wildman–Crippen MR) is 109 cm³/mol. The Hall–Kier alpha value is -3.13. The molecule has 1 heterocycles. The Morgan fingerprint density at radius 2 is 1.90 bits per heavy atom. The van der Waals surface area contributed by atoms with Crippen LogP contribution in [0.15, 0.2) is 66.3 Å². The number of thioether (sulfide) groups is 1. The maximum absolute atomic E-state index is 13.7. The van der Waals surface area contributed by atoms with Gasteiger partial charge in [-0.3, -0.25) is 9.36 Å². The molecule has 0 bridgehead atoms. The fourth-order valence-electron chi connectivity index (χ4n) is 2.63. The van der Waals surface area contributed by atoms with Gasteiger partial charge in [-0.2, -0.15) is 0 Å². The number of hydrogen-bond acceptors (Lipinski definition) is 6. The number of aromatic nitrogens is 3. The Balaban J connectivity index is 1.70. The van der Waals surface area contributed by atoms with E-state index in [4.69, 9.17) is 9.47 Å². The highest BCUT2D eigenvalue weighted by Crippen LogP contribution is 2.24. The van der Waals surface area contributed by atoms with Crippen molar-refractivity contribution < 1.29 is 18.7 Å². The first-order valence-corrected chi connectivity index (χ1v) is 9.82. The van der Waals surface area contributed by atoms with Crippen LogP contribution in [0.1, 0.15) is 16.2 Å². The molecule has 0 unspecified atom stereocenters. The van der Waals surface area contributed by atoms with E-state index in [1.807, 2.05) is 6.07 Å². The average molecular weight is 413 g/mol. The third-order valence-corrected chi connectivity index (χ3v) is 5.01. The molecule has 3 aromatic rings. The number of carbonyl (C=O) groups excluding carboxylic acids is 1. The predicted octanol–water partition coefficient (Wildman–Crippen LogP) is 4.17. The molecule has 0 N–H and O–H groups in total. The number of nitrogens with zero attached hydrogens (tertiary/aromatic N) is 3. The van der Waals surface area contributed by atoms with Crippen LogP contribution in [0.25, 0.3) is 0 Å². The second-order valence-electron chi connectivity index (χ2n) is 5.93. The molecule has 8 heteroatoms. The second kappa shape index (κ2) is 9.88. The van der Waals surface area contributed by atoms with Crippen molar-refractivity contribution in [2.24, 2.45) is 0 Å². The summed E-state index contributed by atoms with van der Waals surface area (Å²) in [5, 5.41) is 8.83. The minimum Gasteiger partial charge on any atom is -0.496 e. The molecular weight excluding hydrogens is 393 g/mol. The number of carbonyl (C=O) groups is 1. The lowest BCUT2D eigenvalue weighted by atomic mass is 10.1. The second-order valence-corrected chi connectivity index (χ2v) is 6.87. The van der Waals surface area contributed by atoms with Crippen molar-refractivity contribution in [1.29, 1.82) is 0 Å². The van der Waals surface area contributed by atoms with Crippen LogP contribution in [-0.4, -0.2) is 33.4 Å². The molecule has 150 valence electrons. The topological polar surface area (TPSA) is 66.2 Å². The molecule has 1 aromatic heterocycles. The van der Waals surface area contributed by atoms with Gasteiger partial charge in [0.05, 0.1) is 18.4 Å². The van der Waals surface area contributed by atoms with Crippen molar-refractivity contribution in [2.45, 2.75) is 18.3 Å². The Kier molecular flexibility index (Phi) is 7.02. The van der Waals surface area contributed by atoms with Crippen LogP contribution in [0.2, 0.25) is 0 Å². The van der Waals surface area contributed by atoms with E-state index in [1.165, 1.54) is 24.9 Å². The third-order valence-electron chi connectivity index (χ3n) is 4.04. The zero-order chi connectivity index (χ0) is 20.6. The molecule has 3 rings (SSSR count). The van der Waals surface area contributed by atoms with Crippen molar-refractivity contribution in [3.05, 3.63) is 78.4 Å². The van der Waals surface area contributed by atoms with Crippen LogP contribution in [0.4, 0.5) is 4.39 Å². The Morgan fingerprint density at radius 3 is 2.62 bits per heavy atom. The fraction of sp³-hybridized carbons (Fsp3) is 0.190. The minimum absolute atomic E-state index is 0.0444. The van der Waals surface area contributed by atoms with Gasteiger partial charge >= 0.3 is 0 Å². The van der Waals surface area contributed by atoms with Gasteiger partial charge in [-0.05, 0) is 24.3 Å². The first kappa shape index (κ1) is 20.6. The number of hydrogen-bond donors (Lipinski definition) is 0. The molecule has 0 aliphatic heterocycles. The standard InChI is InChI=1S/C21H20FN3O3S/c1-3-12-25-20(13-28-19-11-7-5-9-16(19)22)23-24-21(25)29-14-17(26)15-8-4-6-10-18(15)27-2/h3-11H,1,12-14H2,2H3. The highest BCUT2D eigenvalue weighted by atomic mass is 32.2. The maximum atomic E-state index is 13.7. The molecule has 0 saturated carbocycles. The van der Waals surface area contributed by atoms with Gasteiger partial charge in [0.1, 0.15) is 12.4 Å². The monoisotopic (exact) mass is 413 g/mol. The minimum atomic E-state index is -0.445. The van der Waals surface area contributed by atoms with Crippen LogP contribution in [0.3, 0.4) is 0 Å². The third kappa shape index (κ3) is 5.03. The highest BCUT2D eigenvalue weighted by Gasteiger charge is 2.17. The van der Waals surface area contributed by atoms with Crippen LogP contribution in [-0.2, 0) is 13.2 Å². The number of para-hydroxylation sites is 2. The SMILES string of the molecule is C=CCn1c(COc2ccccc2F)nnc1SCC(=O)c1ccccc1OC. The van der Waals surface area contributed by atoms with Gasteiger partial charge < -0.3 is 9.47 Å². The van der Waals surface area contributed by atoms with Gasteiger partial charge in [0.2, 0.25) is 0 Å². The summed E-state index contributed by atoms with van der Waals surface area (Å²) in [5.41, 5.74) is 0.514. The number of halogens is 1. The van der Waals surface area contributed by atoms with Crippen LogP contribution < -0.4 is 9.47 Å². The smallest absolute Gasteiger partial charge is 0.192 e. The number of ketones is 1. The van der Waals surface area contributed by atoms with Crippen molar-refractivity contribution in [1.82, 2.24) is 14.8 Å². The lowest BCUT2D eigenvalue weighted by molar-refractivity contribution is 0.101. The summed E-state index contributed by atoms with van der Waals surface area (Å²) in [6.07, 6.45) is 1.70. The summed E-state index contributed by atoms with van der Waals surface area (Å²) in [7, 11) is 1.53. The number of ether oxygens (including phenoxy) is 2. The average Bonchev–Trinajstić information content (AvgIpc) is 3.13. The highest BCUT2D eigenvalue weighted by molar-refractivity contribution is 7.99. The molecule has 2 aromatic carbocycles. The molecule has 0 radical (unpaired) electrons. The van der Waals surface area contributed by atoms with E-state index in [2.05, 4.69) is 16.8 Å². The van der Waals surface area contributed by atoms with Crippen molar-refractivity contribution >= 4 is 17.5 Å². The van der Waals surface area contributed by atoms with E-state index in [0.717, 1.165) is 0 Å². The van der Waals surface area contributed by atoms with Crippen molar-refractivity contribution in [2.75, 3.05) is 12.9 Å². The molecule has 0 aliphatic carbocycles. The summed E-state index contributed by atoms with van der Waals surface area (Å²) in [6.45, 7) is 4.23. The zero-order valence-electron chi connectivity index (χ0n) is 15.9. The fourth-order valence-corrected chi connectivity index (χ4v) is 3.48. The summed E-state index contributed by atoms with van der Waals surface area (Å²) >= 11 is 1.26. The molecule has 0 aliphatic rings. The number of rotatable bonds is 10. The van der Waals surface area contributed by atoms with Gasteiger partial charge in [0.25, 0.3) is 0 Å². The number of methoxy groups -OCH3 is 1. The van der Waals surface area contributed by atoms with Crippen LogP contribution >= 0.6 is 11.8 Å². The van der Waals surface area contributed by atoms with Crippen molar-refractivity contribution in [3.8, 4) is 11.5 Å². The van der Waals surface area contributed by atoms with Gasteiger partial charge in [-0.1, -0.05) is 42.1 Å². The van der Waals surface area contributed by atoms with Gasteiger partial charge in [0.15, 0.2) is 28.3 Å². The van der Waals surface area contributed by atoms with Crippen molar-refractivity contribution in [3.63, 3.8) is 0 Å². The van der Waals surface area contributed by atoms with E-state index in [9.17, 15) is 9.18 Å². The van der Waals surface area contributed by atoms with E-state index >= 15 is 0 Å². The summed E-state index contributed by atoms with van der Waals surface area (Å²) < 4.78 is 26.3. The largest absolute Gasteiger partial charge is 0.496 e. The number of allylic oxidation sites excluding steroid dienone is 1. The molecule has 29 heavy (non-hydrogen) atoms. The molecule has 0 saturated heterocycles. The molecule has 0 fully saturated rings.